The van der Waals surface area contributed by atoms with E-state index in [1.165, 1.54) is 28.4 Å². The summed E-state index contributed by atoms with van der Waals surface area (Å²) in [6.45, 7) is 0.951. The van der Waals surface area contributed by atoms with E-state index >= 15 is 0 Å². The minimum atomic E-state index is -0.333. The molecule has 0 aromatic carbocycles. The van der Waals surface area contributed by atoms with Crippen LogP contribution < -0.4 is 37.9 Å². The normalized spacial score (nSPS) is 10.2. The number of ether oxygens (including phenoxy) is 8. The number of aromatic nitrogens is 9. The van der Waals surface area contributed by atoms with Crippen LogP contribution in [-0.2, 0) is 0 Å². The standard InChI is InChI=1S/C16H19N9O8/c1-8-17-13(30-6-32-15-21-9(26-2)19-10(22-15)27-3)25-14(18-8)31-7-33-16-23-11(28-4)20-12(24-16)29-5/h6-7H2,1-5H3. The Morgan fingerprint density at radius 1 is 0.394 bits per heavy atom. The number of hydrogen-bond acceptors (Lipinski definition) is 17. The number of aryl methyl sites for hydroxylation is 1. The predicted molar refractivity (Wildman–Crippen MR) is 103 cm³/mol. The van der Waals surface area contributed by atoms with Crippen LogP contribution in [-0.4, -0.2) is 86.9 Å². The Kier molecular flexibility index (Phi) is 7.81. The zero-order chi connectivity index (χ0) is 23.6. The van der Waals surface area contributed by atoms with Gasteiger partial charge >= 0.3 is 48.1 Å². The first-order chi connectivity index (χ1) is 16.0. The van der Waals surface area contributed by atoms with Gasteiger partial charge in [-0.25, -0.2) is 0 Å². The lowest BCUT2D eigenvalue weighted by molar-refractivity contribution is 0.0852. The fourth-order valence-electron chi connectivity index (χ4n) is 1.97. The Morgan fingerprint density at radius 2 is 0.636 bits per heavy atom. The maximum atomic E-state index is 5.35. The smallest absolute Gasteiger partial charge is 0.328 e. The molecule has 176 valence electrons. The topological polar surface area (TPSA) is 190 Å². The second kappa shape index (κ2) is 11.2. The van der Waals surface area contributed by atoms with Gasteiger partial charge in [0.05, 0.1) is 28.4 Å². The van der Waals surface area contributed by atoms with E-state index < -0.39 is 0 Å². The Labute approximate surface area is 186 Å². The maximum Gasteiger partial charge on any atom is 0.328 e. The molecule has 0 unspecified atom stereocenters. The Balaban J connectivity index is 1.56. The van der Waals surface area contributed by atoms with Crippen molar-refractivity contribution in [1.82, 2.24) is 44.9 Å². The van der Waals surface area contributed by atoms with Gasteiger partial charge in [0.25, 0.3) is 0 Å². The molecule has 3 aromatic heterocycles. The van der Waals surface area contributed by atoms with Crippen molar-refractivity contribution >= 4 is 0 Å². The lowest BCUT2D eigenvalue weighted by atomic mass is 10.7. The summed E-state index contributed by atoms with van der Waals surface area (Å²) in [6, 6.07) is -0.277. The first-order valence-corrected chi connectivity index (χ1v) is 8.95. The first kappa shape index (κ1) is 23.1. The zero-order valence-electron chi connectivity index (χ0n) is 18.2. The van der Waals surface area contributed by atoms with Crippen molar-refractivity contribution in [2.75, 3.05) is 42.0 Å². The van der Waals surface area contributed by atoms with Crippen LogP contribution in [0.3, 0.4) is 0 Å². The van der Waals surface area contributed by atoms with Gasteiger partial charge in [-0.2, -0.15) is 9.97 Å². The summed E-state index contributed by atoms with van der Waals surface area (Å²) in [5, 5.41) is 0. The van der Waals surface area contributed by atoms with E-state index in [2.05, 4.69) is 44.9 Å². The summed E-state index contributed by atoms with van der Waals surface area (Å²) < 4.78 is 41.1. The van der Waals surface area contributed by atoms with Crippen LogP contribution >= 0.6 is 0 Å². The van der Waals surface area contributed by atoms with Gasteiger partial charge in [-0.1, -0.05) is 0 Å². The Morgan fingerprint density at radius 3 is 0.939 bits per heavy atom. The third-order valence-electron chi connectivity index (χ3n) is 3.34. The average Bonchev–Trinajstić information content (AvgIpc) is 2.83. The molecule has 0 spiro atoms. The molecule has 0 atom stereocenters. The molecular formula is C16H19N9O8. The number of rotatable bonds is 12. The van der Waals surface area contributed by atoms with E-state index in [4.69, 9.17) is 37.9 Å². The average molecular weight is 465 g/mol. The minimum absolute atomic E-state index is 0.0111. The monoisotopic (exact) mass is 465 g/mol. The van der Waals surface area contributed by atoms with Crippen molar-refractivity contribution in [3.8, 4) is 48.1 Å². The molecule has 0 saturated heterocycles. The number of hydrogen-bond donors (Lipinski definition) is 0. The Bertz CT molecular complexity index is 950. The predicted octanol–water partition coefficient (Wildman–Crippen LogP) is -0.585. The number of nitrogens with zero attached hydrogens (tertiary/aromatic N) is 9. The summed E-state index contributed by atoms with van der Waals surface area (Å²) in [5.41, 5.74) is 0. The van der Waals surface area contributed by atoms with Gasteiger partial charge in [-0.3, -0.25) is 0 Å². The van der Waals surface area contributed by atoms with E-state index in [0.717, 1.165) is 0 Å². The van der Waals surface area contributed by atoms with Crippen LogP contribution in [0.5, 0.6) is 48.1 Å². The molecule has 0 N–H and O–H groups in total. The summed E-state index contributed by atoms with van der Waals surface area (Å²) >= 11 is 0. The van der Waals surface area contributed by atoms with E-state index in [1.807, 2.05) is 0 Å². The van der Waals surface area contributed by atoms with Gasteiger partial charge in [0.15, 0.2) is 0 Å². The fourth-order valence-corrected chi connectivity index (χ4v) is 1.97. The molecule has 0 fully saturated rings. The van der Waals surface area contributed by atoms with E-state index in [1.54, 1.807) is 6.92 Å². The third kappa shape index (κ3) is 6.71. The van der Waals surface area contributed by atoms with Crippen molar-refractivity contribution in [2.45, 2.75) is 6.92 Å². The van der Waals surface area contributed by atoms with Crippen LogP contribution in [0.25, 0.3) is 0 Å². The molecule has 0 aliphatic heterocycles. The quantitative estimate of drug-likeness (QED) is 0.308. The highest BCUT2D eigenvalue weighted by atomic mass is 16.7. The molecule has 3 heterocycles. The molecule has 0 radical (unpaired) electrons. The summed E-state index contributed by atoms with van der Waals surface area (Å²) in [7, 11) is 5.56. The van der Waals surface area contributed by atoms with Crippen molar-refractivity contribution in [3.63, 3.8) is 0 Å². The van der Waals surface area contributed by atoms with Gasteiger partial charge in [0.2, 0.25) is 13.6 Å². The second-order valence-electron chi connectivity index (χ2n) is 5.44. The summed E-state index contributed by atoms with van der Waals surface area (Å²) in [5.74, 6) is 0.321. The SMILES string of the molecule is COc1nc(OC)nc(OCOc2nc(C)nc(OCOc3nc(OC)nc(OC)n3)n2)n1. The maximum absolute atomic E-state index is 5.35. The van der Waals surface area contributed by atoms with Crippen LogP contribution in [0.2, 0.25) is 0 Å². The molecule has 0 saturated carbocycles. The van der Waals surface area contributed by atoms with Crippen molar-refractivity contribution < 1.29 is 37.9 Å². The van der Waals surface area contributed by atoms with Gasteiger partial charge in [0.1, 0.15) is 5.82 Å². The van der Waals surface area contributed by atoms with E-state index in [-0.39, 0.29) is 61.7 Å². The second-order valence-corrected chi connectivity index (χ2v) is 5.44. The van der Waals surface area contributed by atoms with Crippen LogP contribution in [0.15, 0.2) is 0 Å². The molecule has 0 amide bonds. The molecule has 0 aliphatic carbocycles. The summed E-state index contributed by atoms with van der Waals surface area (Å²) in [4.78, 5) is 35.4. The van der Waals surface area contributed by atoms with Gasteiger partial charge < -0.3 is 37.9 Å². The van der Waals surface area contributed by atoms with E-state index in [9.17, 15) is 0 Å². The van der Waals surface area contributed by atoms with Crippen LogP contribution in [0, 0.1) is 6.92 Å². The Hall–Kier alpha value is -4.57. The molecule has 17 nitrogen and oxygen atoms in total. The fraction of sp³-hybridized carbons (Fsp3) is 0.438. The molecule has 3 rings (SSSR count). The molecule has 0 bridgehead atoms. The van der Waals surface area contributed by atoms with Gasteiger partial charge in [-0.05, 0) is 6.92 Å². The van der Waals surface area contributed by atoms with Crippen LogP contribution in [0.1, 0.15) is 5.82 Å². The molecule has 33 heavy (non-hydrogen) atoms. The lowest BCUT2D eigenvalue weighted by Gasteiger charge is -2.09. The highest BCUT2D eigenvalue weighted by Crippen LogP contribution is 2.16. The minimum Gasteiger partial charge on any atom is -0.467 e. The van der Waals surface area contributed by atoms with Gasteiger partial charge in [0, 0.05) is 0 Å². The molecule has 3 aromatic rings. The van der Waals surface area contributed by atoms with Crippen molar-refractivity contribution in [3.05, 3.63) is 5.82 Å². The van der Waals surface area contributed by atoms with E-state index in [0.29, 0.717) is 5.82 Å². The molecule has 17 heteroatoms. The molecular weight excluding hydrogens is 446 g/mol. The highest BCUT2D eigenvalue weighted by molar-refractivity contribution is 5.10. The molecule has 0 aliphatic rings. The highest BCUT2D eigenvalue weighted by Gasteiger charge is 2.12. The van der Waals surface area contributed by atoms with Gasteiger partial charge in [-0.15, -0.1) is 34.9 Å². The van der Waals surface area contributed by atoms with Crippen molar-refractivity contribution in [1.29, 1.82) is 0 Å². The lowest BCUT2D eigenvalue weighted by Crippen LogP contribution is -2.14. The number of methoxy groups -OCH3 is 4. The summed E-state index contributed by atoms with van der Waals surface area (Å²) in [6.07, 6.45) is 0. The van der Waals surface area contributed by atoms with Crippen molar-refractivity contribution in [2.24, 2.45) is 0 Å². The zero-order valence-corrected chi connectivity index (χ0v) is 18.2. The largest absolute Gasteiger partial charge is 0.467 e. The first-order valence-electron chi connectivity index (χ1n) is 8.95. The van der Waals surface area contributed by atoms with Crippen LogP contribution in [0.4, 0.5) is 0 Å². The third-order valence-corrected chi connectivity index (χ3v) is 3.34.